The Bertz CT molecular complexity index is 251. The number of unbranched alkanes of at least 4 members (excludes halogenated alkanes) is 2. The Morgan fingerprint density at radius 2 is 1.56 bits per heavy atom. The Morgan fingerprint density at radius 3 is 2.00 bits per heavy atom. The molecule has 0 atom stereocenters. The molecule has 0 saturated carbocycles. The summed E-state index contributed by atoms with van der Waals surface area (Å²) in [7, 11) is 0. The van der Waals surface area contributed by atoms with Crippen LogP contribution in [0.1, 0.15) is 32.1 Å². The zero-order valence-electron chi connectivity index (χ0n) is 8.68. The van der Waals surface area contributed by atoms with Gasteiger partial charge in [-0.3, -0.25) is 19.6 Å². The van der Waals surface area contributed by atoms with Gasteiger partial charge < -0.3 is 10.2 Å². The molecule has 0 saturated heterocycles. The van der Waals surface area contributed by atoms with Crippen LogP contribution in [0.2, 0.25) is 0 Å². The van der Waals surface area contributed by atoms with Crippen molar-refractivity contribution in [1.82, 2.24) is 5.48 Å². The molecule has 0 aromatic rings. The first-order valence-corrected chi connectivity index (χ1v) is 4.87. The number of carboxylic acids is 2. The van der Waals surface area contributed by atoms with Crippen LogP contribution in [-0.2, 0) is 14.4 Å². The van der Waals surface area contributed by atoms with Gasteiger partial charge in [0.15, 0.2) is 5.92 Å². The van der Waals surface area contributed by atoms with Gasteiger partial charge in [0, 0.05) is 6.42 Å². The number of hydroxylamine groups is 1. The third-order valence-corrected chi connectivity index (χ3v) is 2.12. The van der Waals surface area contributed by atoms with E-state index >= 15 is 0 Å². The van der Waals surface area contributed by atoms with E-state index in [-0.39, 0.29) is 12.8 Å². The van der Waals surface area contributed by atoms with Crippen LogP contribution in [0, 0.1) is 5.92 Å². The Balaban J connectivity index is 3.67. The lowest BCUT2D eigenvalue weighted by molar-refractivity contribution is -0.154. The van der Waals surface area contributed by atoms with Gasteiger partial charge in [-0.2, -0.15) is 0 Å². The summed E-state index contributed by atoms with van der Waals surface area (Å²) in [6, 6.07) is 0. The largest absolute Gasteiger partial charge is 0.481 e. The minimum absolute atomic E-state index is 0.0470. The van der Waals surface area contributed by atoms with Crippen LogP contribution in [0.25, 0.3) is 0 Å². The van der Waals surface area contributed by atoms with Crippen molar-refractivity contribution >= 4 is 17.8 Å². The molecule has 0 aromatic carbocycles. The van der Waals surface area contributed by atoms with Gasteiger partial charge in [0.05, 0.1) is 0 Å². The first-order chi connectivity index (χ1) is 7.49. The van der Waals surface area contributed by atoms with Crippen molar-refractivity contribution in [3.05, 3.63) is 0 Å². The maximum absolute atomic E-state index is 10.6. The molecule has 7 nitrogen and oxygen atoms in total. The molecule has 0 unspecified atom stereocenters. The number of amides is 1. The number of aliphatic carboxylic acids is 2. The van der Waals surface area contributed by atoms with Crippen LogP contribution in [-0.4, -0.2) is 33.3 Å². The Hall–Kier alpha value is -1.63. The molecule has 0 aliphatic heterocycles. The van der Waals surface area contributed by atoms with Gasteiger partial charge in [-0.25, -0.2) is 5.48 Å². The van der Waals surface area contributed by atoms with E-state index in [0.29, 0.717) is 19.3 Å². The highest BCUT2D eigenvalue weighted by Gasteiger charge is 2.24. The van der Waals surface area contributed by atoms with E-state index in [4.69, 9.17) is 15.4 Å². The number of carbonyl (C=O) groups excluding carboxylic acids is 1. The summed E-state index contributed by atoms with van der Waals surface area (Å²) in [6.07, 6.45) is 1.64. The quantitative estimate of drug-likeness (QED) is 0.206. The van der Waals surface area contributed by atoms with E-state index in [0.717, 1.165) is 0 Å². The third kappa shape index (κ3) is 5.97. The molecule has 0 aromatic heterocycles. The van der Waals surface area contributed by atoms with Gasteiger partial charge in [-0.1, -0.05) is 12.8 Å². The predicted molar refractivity (Wildman–Crippen MR) is 51.8 cm³/mol. The van der Waals surface area contributed by atoms with Crippen LogP contribution in [0.3, 0.4) is 0 Å². The molecule has 0 fully saturated rings. The summed E-state index contributed by atoms with van der Waals surface area (Å²) in [5, 5.41) is 25.3. The van der Waals surface area contributed by atoms with Gasteiger partial charge >= 0.3 is 11.9 Å². The normalized spacial score (nSPS) is 10.1. The summed E-state index contributed by atoms with van der Waals surface area (Å²) >= 11 is 0. The van der Waals surface area contributed by atoms with Crippen molar-refractivity contribution in [2.24, 2.45) is 5.92 Å². The maximum atomic E-state index is 10.6. The number of rotatable bonds is 8. The van der Waals surface area contributed by atoms with Crippen molar-refractivity contribution < 1.29 is 29.8 Å². The lowest BCUT2D eigenvalue weighted by atomic mass is 10.0. The molecule has 92 valence electrons. The van der Waals surface area contributed by atoms with E-state index in [1.165, 1.54) is 5.48 Å². The van der Waals surface area contributed by atoms with E-state index in [1.54, 1.807) is 0 Å². The van der Waals surface area contributed by atoms with Crippen LogP contribution < -0.4 is 5.48 Å². The van der Waals surface area contributed by atoms with E-state index in [9.17, 15) is 14.4 Å². The molecule has 4 N–H and O–H groups in total. The Kier molecular flexibility index (Phi) is 6.86. The molecule has 1 amide bonds. The minimum atomic E-state index is -1.38. The van der Waals surface area contributed by atoms with Gasteiger partial charge in [-0.05, 0) is 12.8 Å². The minimum Gasteiger partial charge on any atom is -0.481 e. The second-order valence-electron chi connectivity index (χ2n) is 3.36. The summed E-state index contributed by atoms with van der Waals surface area (Å²) < 4.78 is 0. The molecule has 0 aliphatic rings. The number of carbonyl (C=O) groups is 3. The highest BCUT2D eigenvalue weighted by molar-refractivity contribution is 5.92. The lowest BCUT2D eigenvalue weighted by Crippen LogP contribution is -2.23. The summed E-state index contributed by atoms with van der Waals surface area (Å²) in [6.45, 7) is 0. The van der Waals surface area contributed by atoms with Gasteiger partial charge in [-0.15, -0.1) is 0 Å². The van der Waals surface area contributed by atoms with Gasteiger partial charge in [0.25, 0.3) is 0 Å². The van der Waals surface area contributed by atoms with Crippen molar-refractivity contribution in [3.8, 4) is 0 Å². The Labute approximate surface area is 92.0 Å². The molecular formula is C9H15NO6. The smallest absolute Gasteiger partial charge is 0.317 e. The lowest BCUT2D eigenvalue weighted by Gasteiger charge is -2.06. The van der Waals surface area contributed by atoms with Crippen molar-refractivity contribution in [2.75, 3.05) is 0 Å². The van der Waals surface area contributed by atoms with Gasteiger partial charge in [0.2, 0.25) is 5.91 Å². The molecule has 7 heteroatoms. The zero-order valence-corrected chi connectivity index (χ0v) is 8.68. The topological polar surface area (TPSA) is 124 Å². The third-order valence-electron chi connectivity index (χ3n) is 2.12. The SMILES string of the molecule is O=C(CCCCCC(C(=O)O)C(=O)O)NO. The van der Waals surface area contributed by atoms with Crippen molar-refractivity contribution in [3.63, 3.8) is 0 Å². The first-order valence-electron chi connectivity index (χ1n) is 4.87. The molecular weight excluding hydrogens is 218 g/mol. The molecule has 0 radical (unpaired) electrons. The number of nitrogens with one attached hydrogen (secondary N) is 1. The van der Waals surface area contributed by atoms with E-state index in [1.807, 2.05) is 0 Å². The second kappa shape index (κ2) is 7.63. The predicted octanol–water partition coefficient (Wildman–Crippen LogP) is 0.228. The summed E-state index contributed by atoms with van der Waals surface area (Å²) in [5.41, 5.74) is 1.47. The van der Waals surface area contributed by atoms with Crippen LogP contribution >= 0.6 is 0 Å². The van der Waals surface area contributed by atoms with Crippen LogP contribution in [0.4, 0.5) is 0 Å². The number of hydrogen-bond acceptors (Lipinski definition) is 4. The Morgan fingerprint density at radius 1 is 1.00 bits per heavy atom. The highest BCUT2D eigenvalue weighted by Crippen LogP contribution is 2.11. The maximum Gasteiger partial charge on any atom is 0.317 e. The summed E-state index contributed by atoms with van der Waals surface area (Å²) in [5.74, 6) is -4.58. The molecule has 0 bridgehead atoms. The fourth-order valence-corrected chi connectivity index (χ4v) is 1.22. The highest BCUT2D eigenvalue weighted by atomic mass is 16.5. The van der Waals surface area contributed by atoms with Crippen LogP contribution in [0.15, 0.2) is 0 Å². The fourth-order valence-electron chi connectivity index (χ4n) is 1.22. The molecule has 0 heterocycles. The molecule has 0 aliphatic carbocycles. The average Bonchev–Trinajstić information content (AvgIpc) is 2.21. The monoisotopic (exact) mass is 233 g/mol. The number of carboxylic acid groups (broad SMARTS) is 2. The van der Waals surface area contributed by atoms with Crippen molar-refractivity contribution in [2.45, 2.75) is 32.1 Å². The molecule has 0 rings (SSSR count). The van der Waals surface area contributed by atoms with Gasteiger partial charge in [0.1, 0.15) is 0 Å². The molecule has 16 heavy (non-hydrogen) atoms. The number of hydrogen-bond donors (Lipinski definition) is 4. The van der Waals surface area contributed by atoms with Crippen LogP contribution in [0.5, 0.6) is 0 Å². The summed E-state index contributed by atoms with van der Waals surface area (Å²) in [4.78, 5) is 31.5. The zero-order chi connectivity index (χ0) is 12.6. The molecule has 0 spiro atoms. The standard InChI is InChI=1S/C9H15NO6/c11-7(10-16)5-3-1-2-4-6(8(12)13)9(14)15/h6,16H,1-5H2,(H,10,11)(H,12,13)(H,14,15). The first kappa shape index (κ1) is 14.4. The average molecular weight is 233 g/mol. The second-order valence-corrected chi connectivity index (χ2v) is 3.36. The fraction of sp³-hybridized carbons (Fsp3) is 0.667. The van der Waals surface area contributed by atoms with Crippen molar-refractivity contribution in [1.29, 1.82) is 0 Å². The van der Waals surface area contributed by atoms with E-state index in [2.05, 4.69) is 0 Å². The van der Waals surface area contributed by atoms with E-state index < -0.39 is 23.8 Å².